The standard InChI is InChI=1S/C24H20Cl2N4O2/c1-3-32-24-28-22(19-7-5-4-6-15(19)2)30(29-24)18-11-9-17(10-12-18)27-23(31)20-13-8-16(25)14-21(20)26/h4-14H,3H2,1-2H3,(H,27,31). The fourth-order valence-corrected chi connectivity index (χ4v) is 3.71. The molecule has 0 aliphatic rings. The van der Waals surface area contributed by atoms with Crippen LogP contribution >= 0.6 is 23.2 Å². The van der Waals surface area contributed by atoms with Gasteiger partial charge in [0, 0.05) is 16.3 Å². The van der Waals surface area contributed by atoms with E-state index in [4.69, 9.17) is 27.9 Å². The molecule has 0 atom stereocenters. The molecule has 162 valence electrons. The van der Waals surface area contributed by atoms with E-state index >= 15 is 0 Å². The largest absolute Gasteiger partial charge is 0.463 e. The Morgan fingerprint density at radius 1 is 1.06 bits per heavy atom. The van der Waals surface area contributed by atoms with Gasteiger partial charge in [0.25, 0.3) is 5.91 Å². The normalized spacial score (nSPS) is 10.8. The number of nitrogens with zero attached hydrogens (tertiary/aromatic N) is 3. The summed E-state index contributed by atoms with van der Waals surface area (Å²) in [6.07, 6.45) is 0. The highest BCUT2D eigenvalue weighted by molar-refractivity contribution is 6.37. The number of rotatable bonds is 6. The molecule has 0 unspecified atom stereocenters. The summed E-state index contributed by atoms with van der Waals surface area (Å²) in [7, 11) is 0. The van der Waals surface area contributed by atoms with Crippen molar-refractivity contribution in [1.29, 1.82) is 0 Å². The molecule has 0 spiro atoms. The van der Waals surface area contributed by atoms with Crippen molar-refractivity contribution in [3.63, 3.8) is 0 Å². The molecule has 1 amide bonds. The van der Waals surface area contributed by atoms with Crippen molar-refractivity contribution in [2.75, 3.05) is 11.9 Å². The summed E-state index contributed by atoms with van der Waals surface area (Å²) in [6, 6.07) is 20.3. The molecule has 8 heteroatoms. The highest BCUT2D eigenvalue weighted by atomic mass is 35.5. The molecular formula is C24H20Cl2N4O2. The first-order valence-corrected chi connectivity index (χ1v) is 10.7. The van der Waals surface area contributed by atoms with Crippen LogP contribution in [0.1, 0.15) is 22.8 Å². The summed E-state index contributed by atoms with van der Waals surface area (Å²) < 4.78 is 7.26. The van der Waals surface area contributed by atoms with Crippen LogP contribution in [0.3, 0.4) is 0 Å². The van der Waals surface area contributed by atoms with Gasteiger partial charge in [-0.05, 0) is 61.9 Å². The summed E-state index contributed by atoms with van der Waals surface area (Å²) >= 11 is 12.0. The number of amides is 1. The number of carbonyl (C=O) groups excluding carboxylic acids is 1. The number of benzene rings is 3. The van der Waals surface area contributed by atoms with Gasteiger partial charge in [0.15, 0.2) is 5.82 Å². The zero-order valence-corrected chi connectivity index (χ0v) is 19.0. The number of hydrogen-bond acceptors (Lipinski definition) is 4. The molecule has 32 heavy (non-hydrogen) atoms. The highest BCUT2D eigenvalue weighted by Crippen LogP contribution is 2.27. The number of aromatic nitrogens is 3. The molecule has 0 radical (unpaired) electrons. The Kier molecular flexibility index (Phi) is 6.44. The van der Waals surface area contributed by atoms with E-state index in [9.17, 15) is 4.79 Å². The van der Waals surface area contributed by atoms with Crippen LogP contribution in [0.4, 0.5) is 5.69 Å². The van der Waals surface area contributed by atoms with Gasteiger partial charge in [-0.25, -0.2) is 4.68 Å². The van der Waals surface area contributed by atoms with Gasteiger partial charge in [-0.3, -0.25) is 4.79 Å². The van der Waals surface area contributed by atoms with Crippen LogP contribution < -0.4 is 10.1 Å². The van der Waals surface area contributed by atoms with E-state index in [0.29, 0.717) is 39.7 Å². The summed E-state index contributed by atoms with van der Waals surface area (Å²) in [4.78, 5) is 17.1. The van der Waals surface area contributed by atoms with Gasteiger partial charge in [0.2, 0.25) is 0 Å². The Balaban J connectivity index is 1.63. The van der Waals surface area contributed by atoms with Gasteiger partial charge >= 0.3 is 6.01 Å². The molecule has 4 aromatic rings. The lowest BCUT2D eigenvalue weighted by atomic mass is 10.1. The molecular weight excluding hydrogens is 447 g/mol. The number of anilines is 1. The average Bonchev–Trinajstić information content (AvgIpc) is 3.18. The predicted molar refractivity (Wildman–Crippen MR) is 127 cm³/mol. The fourth-order valence-electron chi connectivity index (χ4n) is 3.22. The second-order valence-electron chi connectivity index (χ2n) is 7.00. The molecule has 0 saturated carbocycles. The quantitative estimate of drug-likeness (QED) is 0.367. The van der Waals surface area contributed by atoms with Crippen molar-refractivity contribution in [1.82, 2.24) is 14.8 Å². The number of carbonyl (C=O) groups is 1. The third-order valence-electron chi connectivity index (χ3n) is 4.79. The van der Waals surface area contributed by atoms with E-state index < -0.39 is 0 Å². The predicted octanol–water partition coefficient (Wildman–Crippen LogP) is 6.20. The first-order valence-electron chi connectivity index (χ1n) is 9.99. The first-order chi connectivity index (χ1) is 15.5. The van der Waals surface area contributed by atoms with E-state index in [0.717, 1.165) is 16.8 Å². The van der Waals surface area contributed by atoms with Gasteiger partial charge in [0.05, 0.1) is 22.9 Å². The van der Waals surface area contributed by atoms with E-state index in [-0.39, 0.29) is 5.91 Å². The molecule has 0 bridgehead atoms. The van der Waals surface area contributed by atoms with Crippen molar-refractivity contribution in [2.24, 2.45) is 0 Å². The lowest BCUT2D eigenvalue weighted by molar-refractivity contribution is 0.102. The number of nitrogens with one attached hydrogen (secondary N) is 1. The summed E-state index contributed by atoms with van der Waals surface area (Å²) in [5, 5.41) is 8.12. The van der Waals surface area contributed by atoms with Gasteiger partial charge in [-0.15, -0.1) is 5.10 Å². The third-order valence-corrected chi connectivity index (χ3v) is 5.34. The Bertz CT molecular complexity index is 1270. The smallest absolute Gasteiger partial charge is 0.336 e. The van der Waals surface area contributed by atoms with Crippen molar-refractivity contribution in [3.8, 4) is 23.1 Å². The minimum Gasteiger partial charge on any atom is -0.463 e. The second-order valence-corrected chi connectivity index (χ2v) is 7.85. The summed E-state index contributed by atoms with van der Waals surface area (Å²) in [6.45, 7) is 4.38. The molecule has 6 nitrogen and oxygen atoms in total. The Morgan fingerprint density at radius 3 is 2.50 bits per heavy atom. The first kappa shape index (κ1) is 21.9. The maximum absolute atomic E-state index is 12.6. The Labute approximate surface area is 195 Å². The summed E-state index contributed by atoms with van der Waals surface area (Å²) in [5.74, 6) is 0.357. The zero-order valence-electron chi connectivity index (χ0n) is 17.5. The fraction of sp³-hybridized carbons (Fsp3) is 0.125. The highest BCUT2D eigenvalue weighted by Gasteiger charge is 2.16. The molecule has 0 aliphatic carbocycles. The SMILES string of the molecule is CCOc1nc(-c2ccccc2C)n(-c2ccc(NC(=O)c3ccc(Cl)cc3Cl)cc2)n1. The van der Waals surface area contributed by atoms with Gasteiger partial charge in [-0.1, -0.05) is 47.5 Å². The maximum atomic E-state index is 12.6. The van der Waals surface area contributed by atoms with E-state index in [2.05, 4.69) is 15.4 Å². The molecule has 1 aromatic heterocycles. The van der Waals surface area contributed by atoms with Crippen LogP contribution in [0, 0.1) is 6.92 Å². The lowest BCUT2D eigenvalue weighted by Crippen LogP contribution is -2.12. The Morgan fingerprint density at radius 2 is 1.81 bits per heavy atom. The van der Waals surface area contributed by atoms with E-state index in [1.54, 1.807) is 28.9 Å². The molecule has 4 rings (SSSR count). The van der Waals surface area contributed by atoms with Crippen LogP contribution in [0.15, 0.2) is 66.7 Å². The van der Waals surface area contributed by atoms with Crippen molar-refractivity contribution in [2.45, 2.75) is 13.8 Å². The average molecular weight is 467 g/mol. The maximum Gasteiger partial charge on any atom is 0.336 e. The molecule has 1 heterocycles. The number of halogens is 2. The number of aryl methyl sites for hydroxylation is 1. The minimum absolute atomic E-state index is 0.292. The Hall–Kier alpha value is -3.35. The second kappa shape index (κ2) is 9.42. The molecule has 0 aliphatic heterocycles. The minimum atomic E-state index is -0.320. The van der Waals surface area contributed by atoms with Crippen molar-refractivity contribution >= 4 is 34.8 Å². The van der Waals surface area contributed by atoms with Crippen LogP contribution in [0.5, 0.6) is 6.01 Å². The van der Waals surface area contributed by atoms with E-state index in [1.165, 1.54) is 6.07 Å². The number of hydrogen-bond donors (Lipinski definition) is 1. The van der Waals surface area contributed by atoms with Crippen molar-refractivity contribution < 1.29 is 9.53 Å². The number of ether oxygens (including phenoxy) is 1. The topological polar surface area (TPSA) is 69.0 Å². The molecule has 3 aromatic carbocycles. The van der Waals surface area contributed by atoms with Gasteiger partial charge in [0.1, 0.15) is 0 Å². The molecule has 1 N–H and O–H groups in total. The monoisotopic (exact) mass is 466 g/mol. The molecule has 0 saturated heterocycles. The summed E-state index contributed by atoms with van der Waals surface area (Å²) in [5.41, 5.74) is 3.78. The van der Waals surface area contributed by atoms with Crippen LogP contribution in [-0.2, 0) is 0 Å². The van der Waals surface area contributed by atoms with Crippen LogP contribution in [0.2, 0.25) is 10.0 Å². The van der Waals surface area contributed by atoms with Crippen LogP contribution in [0.25, 0.3) is 17.1 Å². The van der Waals surface area contributed by atoms with E-state index in [1.807, 2.05) is 50.2 Å². The molecule has 0 fully saturated rings. The lowest BCUT2D eigenvalue weighted by Gasteiger charge is -2.10. The van der Waals surface area contributed by atoms with Gasteiger partial charge in [-0.2, -0.15) is 4.98 Å². The van der Waals surface area contributed by atoms with Crippen LogP contribution in [-0.4, -0.2) is 27.3 Å². The third kappa shape index (κ3) is 4.61. The van der Waals surface area contributed by atoms with Crippen molar-refractivity contribution in [3.05, 3.63) is 87.9 Å². The van der Waals surface area contributed by atoms with Gasteiger partial charge < -0.3 is 10.1 Å². The zero-order chi connectivity index (χ0) is 22.7.